The summed E-state index contributed by atoms with van der Waals surface area (Å²) in [6, 6.07) is 11.3. The van der Waals surface area contributed by atoms with E-state index in [1.165, 1.54) is 0 Å². The first kappa shape index (κ1) is 27.2. The highest BCUT2D eigenvalue weighted by Crippen LogP contribution is 2.39. The van der Waals surface area contributed by atoms with E-state index in [0.29, 0.717) is 17.2 Å². The number of hydrogen-bond donors (Lipinski definition) is 0. The van der Waals surface area contributed by atoms with E-state index in [9.17, 15) is 9.59 Å². The molecule has 1 heterocycles. The minimum atomic E-state index is -0.370. The van der Waals surface area contributed by atoms with Crippen LogP contribution in [0.15, 0.2) is 42.5 Å². The Balaban J connectivity index is 2.05. The zero-order valence-corrected chi connectivity index (χ0v) is 21.2. The Hall–Kier alpha value is -2.06. The standard InChI is InChI=1S/C28H39NO3S/c1-4-5-19-28(2,3)26(30)18-17-23-24(32-27(31)22-14-10-9-11-15-22)21-33-25(23)16-12-7-6-8-13-20-29/h9-11,14-15,17-18,23-25H,4-8,12-13,16,19,21H2,1-3H3/t23-,24-,25+/m0/s1. The molecule has 180 valence electrons. The number of carbonyl (C=O) groups excluding carboxylic acids is 2. The second-order valence-corrected chi connectivity index (χ2v) is 10.9. The normalized spacial score (nSPS) is 20.6. The first-order chi connectivity index (χ1) is 15.9. The van der Waals surface area contributed by atoms with Crippen molar-refractivity contribution in [2.75, 3.05) is 5.75 Å². The van der Waals surface area contributed by atoms with Crippen LogP contribution in [-0.2, 0) is 9.53 Å². The summed E-state index contributed by atoms with van der Waals surface area (Å²) >= 11 is 1.84. The maximum atomic E-state index is 12.9. The Morgan fingerprint density at radius 2 is 1.88 bits per heavy atom. The number of rotatable bonds is 14. The van der Waals surface area contributed by atoms with Crippen molar-refractivity contribution in [3.05, 3.63) is 48.0 Å². The number of nitrogens with zero attached hydrogens (tertiary/aromatic N) is 1. The minimum Gasteiger partial charge on any atom is -0.457 e. The molecule has 0 aromatic heterocycles. The van der Waals surface area contributed by atoms with Gasteiger partial charge in [0.15, 0.2) is 5.78 Å². The van der Waals surface area contributed by atoms with Crippen LogP contribution in [0.1, 0.15) is 88.9 Å². The molecule has 0 unspecified atom stereocenters. The van der Waals surface area contributed by atoms with Crippen molar-refractivity contribution in [2.24, 2.45) is 11.3 Å². The molecule has 0 saturated carbocycles. The molecule has 3 atom stereocenters. The number of allylic oxidation sites excluding steroid dienone is 1. The molecule has 5 heteroatoms. The summed E-state index contributed by atoms with van der Waals surface area (Å²) in [5.74, 6) is 0.635. The lowest BCUT2D eigenvalue weighted by atomic mass is 9.82. The Morgan fingerprint density at radius 1 is 1.15 bits per heavy atom. The number of ketones is 1. The molecule has 0 amide bonds. The van der Waals surface area contributed by atoms with Crippen LogP contribution < -0.4 is 0 Å². The highest BCUT2D eigenvalue weighted by Gasteiger charge is 2.38. The van der Waals surface area contributed by atoms with Gasteiger partial charge in [0.1, 0.15) is 6.10 Å². The number of nitriles is 1. The van der Waals surface area contributed by atoms with Gasteiger partial charge in [-0.05, 0) is 37.5 Å². The van der Waals surface area contributed by atoms with Gasteiger partial charge in [0.05, 0.1) is 11.6 Å². The summed E-state index contributed by atoms with van der Waals surface area (Å²) in [5.41, 5.74) is 0.188. The molecule has 0 aliphatic carbocycles. The van der Waals surface area contributed by atoms with Gasteiger partial charge in [0.2, 0.25) is 0 Å². The quantitative estimate of drug-likeness (QED) is 0.164. The maximum absolute atomic E-state index is 12.9. The molecule has 1 saturated heterocycles. The summed E-state index contributed by atoms with van der Waals surface area (Å²) < 4.78 is 5.92. The lowest BCUT2D eigenvalue weighted by Crippen LogP contribution is -2.28. The van der Waals surface area contributed by atoms with Crippen molar-refractivity contribution in [3.8, 4) is 6.07 Å². The van der Waals surface area contributed by atoms with E-state index in [0.717, 1.165) is 57.1 Å². The highest BCUT2D eigenvalue weighted by molar-refractivity contribution is 8.00. The molecular formula is C28H39NO3S. The van der Waals surface area contributed by atoms with E-state index >= 15 is 0 Å². The summed E-state index contributed by atoms with van der Waals surface area (Å²) in [6.45, 7) is 6.18. The Morgan fingerprint density at radius 3 is 2.58 bits per heavy atom. The van der Waals surface area contributed by atoms with E-state index < -0.39 is 0 Å². The third-order valence-electron chi connectivity index (χ3n) is 6.42. The lowest BCUT2D eigenvalue weighted by Gasteiger charge is -2.23. The predicted octanol–water partition coefficient (Wildman–Crippen LogP) is 7.15. The highest BCUT2D eigenvalue weighted by atomic mass is 32.2. The second kappa shape index (κ2) is 14.3. The van der Waals surface area contributed by atoms with Crippen LogP contribution in [0.3, 0.4) is 0 Å². The second-order valence-electron chi connectivity index (χ2n) is 9.58. The van der Waals surface area contributed by atoms with Gasteiger partial charge >= 0.3 is 5.97 Å². The monoisotopic (exact) mass is 469 g/mol. The van der Waals surface area contributed by atoms with Crippen molar-refractivity contribution in [2.45, 2.75) is 89.9 Å². The Bertz CT molecular complexity index is 812. The van der Waals surface area contributed by atoms with E-state index in [4.69, 9.17) is 10.00 Å². The van der Waals surface area contributed by atoms with Crippen LogP contribution in [0.5, 0.6) is 0 Å². The van der Waals surface area contributed by atoms with Gasteiger partial charge in [-0.2, -0.15) is 17.0 Å². The molecule has 1 aliphatic rings. The molecule has 0 N–H and O–H groups in total. The van der Waals surface area contributed by atoms with Crippen molar-refractivity contribution in [3.63, 3.8) is 0 Å². The third-order valence-corrected chi connectivity index (χ3v) is 7.92. The van der Waals surface area contributed by atoms with Crippen molar-refractivity contribution < 1.29 is 14.3 Å². The number of carbonyl (C=O) groups is 2. The van der Waals surface area contributed by atoms with E-state index in [1.54, 1.807) is 18.2 Å². The topological polar surface area (TPSA) is 67.2 Å². The number of esters is 1. The van der Waals surface area contributed by atoms with Gasteiger partial charge in [0.25, 0.3) is 0 Å². The number of unbranched alkanes of at least 4 members (excludes halogenated alkanes) is 5. The molecule has 0 spiro atoms. The summed E-state index contributed by atoms with van der Waals surface area (Å²) in [6.07, 6.45) is 12.4. The first-order valence-corrected chi connectivity index (χ1v) is 13.4. The van der Waals surface area contributed by atoms with Crippen LogP contribution in [0.2, 0.25) is 0 Å². The van der Waals surface area contributed by atoms with Gasteiger partial charge in [0, 0.05) is 28.8 Å². The van der Waals surface area contributed by atoms with Crippen LogP contribution >= 0.6 is 11.8 Å². The molecule has 33 heavy (non-hydrogen) atoms. The summed E-state index contributed by atoms with van der Waals surface area (Å²) in [5, 5.41) is 9.02. The molecule has 0 radical (unpaired) electrons. The lowest BCUT2D eigenvalue weighted by molar-refractivity contribution is -0.122. The molecule has 1 fully saturated rings. The van der Waals surface area contributed by atoms with Crippen LogP contribution in [0.4, 0.5) is 0 Å². The summed E-state index contributed by atoms with van der Waals surface area (Å²) in [7, 11) is 0. The molecule has 1 aromatic carbocycles. The largest absolute Gasteiger partial charge is 0.457 e. The van der Waals surface area contributed by atoms with Gasteiger partial charge in [-0.15, -0.1) is 0 Å². The zero-order chi connectivity index (χ0) is 24.1. The van der Waals surface area contributed by atoms with Gasteiger partial charge in [-0.25, -0.2) is 4.79 Å². The van der Waals surface area contributed by atoms with Crippen molar-refractivity contribution in [1.82, 2.24) is 0 Å². The number of ether oxygens (including phenoxy) is 1. The maximum Gasteiger partial charge on any atom is 0.338 e. The van der Waals surface area contributed by atoms with Crippen molar-refractivity contribution in [1.29, 1.82) is 5.26 Å². The molecular weight excluding hydrogens is 430 g/mol. The van der Waals surface area contributed by atoms with Crippen LogP contribution in [0, 0.1) is 22.7 Å². The Labute approximate surface area is 204 Å². The number of benzene rings is 1. The van der Waals surface area contributed by atoms with E-state index in [1.807, 2.05) is 49.9 Å². The Kier molecular flexibility index (Phi) is 11.7. The van der Waals surface area contributed by atoms with Crippen LogP contribution in [0.25, 0.3) is 0 Å². The molecule has 0 bridgehead atoms. The molecule has 2 rings (SSSR count). The van der Waals surface area contributed by atoms with Crippen LogP contribution in [-0.4, -0.2) is 28.9 Å². The number of thioether (sulfide) groups is 1. The number of hydrogen-bond acceptors (Lipinski definition) is 5. The smallest absolute Gasteiger partial charge is 0.338 e. The minimum absolute atomic E-state index is 0.0349. The molecule has 1 aliphatic heterocycles. The van der Waals surface area contributed by atoms with E-state index in [2.05, 4.69) is 13.0 Å². The first-order valence-electron chi connectivity index (χ1n) is 12.4. The average Bonchev–Trinajstić information content (AvgIpc) is 3.19. The molecule has 4 nitrogen and oxygen atoms in total. The van der Waals surface area contributed by atoms with Gasteiger partial charge < -0.3 is 4.74 Å². The van der Waals surface area contributed by atoms with Crippen molar-refractivity contribution >= 4 is 23.5 Å². The van der Waals surface area contributed by atoms with Gasteiger partial charge in [-0.1, -0.05) is 77.2 Å². The average molecular weight is 470 g/mol. The zero-order valence-electron chi connectivity index (χ0n) is 20.4. The van der Waals surface area contributed by atoms with E-state index in [-0.39, 0.29) is 29.2 Å². The molecule has 1 aromatic rings. The predicted molar refractivity (Wildman–Crippen MR) is 136 cm³/mol. The summed E-state index contributed by atoms with van der Waals surface area (Å²) in [4.78, 5) is 25.6. The fraction of sp³-hybridized carbons (Fsp3) is 0.607. The third kappa shape index (κ3) is 9.01. The fourth-order valence-electron chi connectivity index (χ4n) is 4.17. The van der Waals surface area contributed by atoms with Gasteiger partial charge in [-0.3, -0.25) is 4.79 Å². The fourth-order valence-corrected chi connectivity index (χ4v) is 5.71. The SMILES string of the molecule is CCCCC(C)(C)C(=O)C=C[C@H]1[C@@H](OC(=O)c2ccccc2)CS[C@@H]1CCCCCCC#N.